The predicted octanol–water partition coefficient (Wildman–Crippen LogP) is -1.24. The Hall–Kier alpha value is -2.07. The number of aromatic nitrogens is 3. The topological polar surface area (TPSA) is 30.3 Å². The van der Waals surface area contributed by atoms with Crippen LogP contribution in [0.5, 0.6) is 0 Å². The molecule has 0 atom stereocenters. The third kappa shape index (κ3) is 2.47. The zero-order valence-electron chi connectivity index (χ0n) is 11.5. The Kier molecular flexibility index (Phi) is 3.95. The Morgan fingerprint density at radius 2 is 2.10 bits per heavy atom. The van der Waals surface area contributed by atoms with Gasteiger partial charge in [-0.3, -0.25) is 4.79 Å². The maximum atomic E-state index is 12.5. The number of aryl methyl sites for hydroxylation is 2. The molecule has 4 nitrogen and oxygen atoms in total. The minimum absolute atomic E-state index is 0. The number of hydrogen-bond acceptors (Lipinski definition) is 1. The number of imidazole rings is 1. The summed E-state index contributed by atoms with van der Waals surface area (Å²) in [7, 11) is 1.94. The van der Waals surface area contributed by atoms with Gasteiger partial charge in [-0.1, -0.05) is 6.07 Å². The maximum absolute atomic E-state index is 12.5. The molecule has 3 rings (SSSR count). The molecule has 0 N–H and O–H groups in total. The second-order valence-electron chi connectivity index (χ2n) is 4.85. The van der Waals surface area contributed by atoms with E-state index >= 15 is 0 Å². The van der Waals surface area contributed by atoms with Crippen molar-refractivity contribution >= 4 is 11.3 Å². The minimum atomic E-state index is 0. The molecule has 0 amide bonds. The zero-order valence-corrected chi connectivity index (χ0v) is 12.2. The van der Waals surface area contributed by atoms with Gasteiger partial charge in [-0.25, -0.2) is 9.13 Å². The Morgan fingerprint density at radius 1 is 1.30 bits per heavy atom. The quantitative estimate of drug-likeness (QED) is 0.438. The van der Waals surface area contributed by atoms with Gasteiger partial charge in [0.2, 0.25) is 12.1 Å². The second kappa shape index (κ2) is 5.51. The van der Waals surface area contributed by atoms with Crippen LogP contribution >= 0.6 is 0 Å². The van der Waals surface area contributed by atoms with Crippen LogP contribution in [0.4, 0.5) is 0 Å². The third-order valence-corrected chi connectivity index (χ3v) is 3.28. The molecule has 0 aliphatic carbocycles. The molecule has 104 valence electrons. The number of Topliss-reactive ketones (excluding diaryl/α,β-unsaturated/α-hetero) is 1. The van der Waals surface area contributed by atoms with Gasteiger partial charge >= 0.3 is 0 Å². The molecule has 0 saturated heterocycles. The fourth-order valence-electron chi connectivity index (χ4n) is 2.45. The van der Waals surface area contributed by atoms with E-state index in [0.717, 1.165) is 16.8 Å². The van der Waals surface area contributed by atoms with Crippen LogP contribution in [0, 0.1) is 6.92 Å². The number of nitrogens with zero attached hydrogens (tertiary/aromatic N) is 3. The number of carbonyl (C=O) groups is 1. The Balaban J connectivity index is 0.00000147. The van der Waals surface area contributed by atoms with Crippen LogP contribution in [0.25, 0.3) is 5.52 Å². The van der Waals surface area contributed by atoms with E-state index in [1.165, 1.54) is 0 Å². The van der Waals surface area contributed by atoms with E-state index < -0.39 is 0 Å². The summed E-state index contributed by atoms with van der Waals surface area (Å²) in [6.45, 7) is 2.35. The number of carbonyl (C=O) groups excluding carboxylic acids is 1. The SMILES string of the molecule is Cc1cc2ccccn2c1C(=O)Cn1cc[n+](C)c1.[Cl-]. The number of hydrogen-bond donors (Lipinski definition) is 0. The normalized spacial score (nSPS) is 10.5. The molecule has 0 bridgehead atoms. The predicted molar refractivity (Wildman–Crippen MR) is 72.1 cm³/mol. The van der Waals surface area contributed by atoms with Crippen molar-refractivity contribution in [3.05, 3.63) is 60.4 Å². The highest BCUT2D eigenvalue weighted by molar-refractivity contribution is 5.97. The summed E-state index contributed by atoms with van der Waals surface area (Å²) in [5, 5.41) is 0. The van der Waals surface area contributed by atoms with Crippen LogP contribution in [0.3, 0.4) is 0 Å². The van der Waals surface area contributed by atoms with Gasteiger partial charge in [-0.2, -0.15) is 0 Å². The number of pyridine rings is 1. The lowest BCUT2D eigenvalue weighted by Gasteiger charge is -2.02. The van der Waals surface area contributed by atoms with Crippen LogP contribution in [0.2, 0.25) is 0 Å². The van der Waals surface area contributed by atoms with Crippen molar-refractivity contribution in [3.63, 3.8) is 0 Å². The summed E-state index contributed by atoms with van der Waals surface area (Å²) in [4.78, 5) is 12.5. The largest absolute Gasteiger partial charge is 1.00 e. The van der Waals surface area contributed by atoms with Crippen molar-refractivity contribution in [2.45, 2.75) is 13.5 Å². The van der Waals surface area contributed by atoms with E-state index in [2.05, 4.69) is 0 Å². The highest BCUT2D eigenvalue weighted by Crippen LogP contribution is 2.16. The van der Waals surface area contributed by atoms with Gasteiger partial charge in [-0.15, -0.1) is 0 Å². The molecule has 0 aromatic carbocycles. The van der Waals surface area contributed by atoms with Gasteiger partial charge in [0.15, 0.2) is 6.54 Å². The van der Waals surface area contributed by atoms with Gasteiger partial charge < -0.3 is 16.8 Å². The molecule has 0 spiro atoms. The maximum Gasteiger partial charge on any atom is 0.243 e. The van der Waals surface area contributed by atoms with E-state index in [4.69, 9.17) is 0 Å². The molecule has 0 fully saturated rings. The number of halogens is 1. The van der Waals surface area contributed by atoms with Crippen LogP contribution in [0.1, 0.15) is 16.1 Å². The Labute approximate surface area is 123 Å². The molecule has 0 unspecified atom stereocenters. The van der Waals surface area contributed by atoms with Crippen LogP contribution in [-0.2, 0) is 13.6 Å². The fourth-order valence-corrected chi connectivity index (χ4v) is 2.45. The van der Waals surface area contributed by atoms with Crippen LogP contribution in [0.15, 0.2) is 49.2 Å². The number of rotatable bonds is 3. The van der Waals surface area contributed by atoms with Crippen LogP contribution in [-0.4, -0.2) is 14.8 Å². The molecule has 3 heterocycles. The van der Waals surface area contributed by atoms with Gasteiger partial charge in [0.1, 0.15) is 12.4 Å². The lowest BCUT2D eigenvalue weighted by atomic mass is 10.2. The lowest BCUT2D eigenvalue weighted by Crippen LogP contribution is -3.00. The summed E-state index contributed by atoms with van der Waals surface area (Å²) in [6, 6.07) is 7.98. The Bertz CT molecular complexity index is 757. The first-order valence-electron chi connectivity index (χ1n) is 6.26. The summed E-state index contributed by atoms with van der Waals surface area (Å²) in [6.07, 6.45) is 7.67. The molecule has 20 heavy (non-hydrogen) atoms. The summed E-state index contributed by atoms with van der Waals surface area (Å²) in [5.41, 5.74) is 2.85. The minimum Gasteiger partial charge on any atom is -1.00 e. The van der Waals surface area contributed by atoms with Gasteiger partial charge in [0.05, 0.1) is 12.7 Å². The van der Waals surface area contributed by atoms with Crippen molar-refractivity contribution in [2.24, 2.45) is 7.05 Å². The molecule has 0 aliphatic rings. The molecular weight excluding hydrogens is 274 g/mol. The standard InChI is InChI=1S/C15H16N3O.ClH/c1-12-9-13-5-3-4-6-18(13)15(12)14(19)10-17-8-7-16(2)11-17;/h3-9,11H,10H2,1-2H3;1H/q+1;/p-1. The highest BCUT2D eigenvalue weighted by atomic mass is 35.5. The molecule has 0 aliphatic heterocycles. The Morgan fingerprint density at radius 3 is 2.80 bits per heavy atom. The van der Waals surface area contributed by atoms with Crippen molar-refractivity contribution in [2.75, 3.05) is 0 Å². The number of fused-ring (bicyclic) bond motifs is 1. The molecule has 0 saturated carbocycles. The first-order chi connectivity index (χ1) is 9.15. The van der Waals surface area contributed by atoms with Gasteiger partial charge in [-0.05, 0) is 30.7 Å². The third-order valence-electron chi connectivity index (χ3n) is 3.28. The van der Waals surface area contributed by atoms with Crippen molar-refractivity contribution < 1.29 is 21.8 Å². The van der Waals surface area contributed by atoms with Crippen molar-refractivity contribution in [1.82, 2.24) is 8.97 Å². The average Bonchev–Trinajstić information content (AvgIpc) is 2.91. The molecule has 0 radical (unpaired) electrons. The first kappa shape index (κ1) is 14.3. The van der Waals surface area contributed by atoms with E-state index in [0.29, 0.717) is 6.54 Å². The van der Waals surface area contributed by atoms with Crippen LogP contribution < -0.4 is 17.0 Å². The number of ketones is 1. The summed E-state index contributed by atoms with van der Waals surface area (Å²) in [5.74, 6) is 0.125. The molecule has 5 heteroatoms. The highest BCUT2D eigenvalue weighted by Gasteiger charge is 2.17. The zero-order chi connectivity index (χ0) is 13.4. The smallest absolute Gasteiger partial charge is 0.243 e. The average molecular weight is 290 g/mol. The summed E-state index contributed by atoms with van der Waals surface area (Å²) < 4.78 is 5.78. The van der Waals surface area contributed by atoms with E-state index in [-0.39, 0.29) is 18.2 Å². The lowest BCUT2D eigenvalue weighted by molar-refractivity contribution is -0.671. The van der Waals surface area contributed by atoms with E-state index in [9.17, 15) is 4.79 Å². The van der Waals surface area contributed by atoms with Crippen molar-refractivity contribution in [1.29, 1.82) is 0 Å². The summed E-state index contributed by atoms with van der Waals surface area (Å²) >= 11 is 0. The molecule has 3 aromatic heterocycles. The first-order valence-corrected chi connectivity index (χ1v) is 6.26. The molecule has 3 aromatic rings. The van der Waals surface area contributed by atoms with E-state index in [1.807, 2.05) is 76.7 Å². The second-order valence-corrected chi connectivity index (χ2v) is 4.85. The fraction of sp³-hybridized carbons (Fsp3) is 0.200. The van der Waals surface area contributed by atoms with Gasteiger partial charge in [0, 0.05) is 11.7 Å². The van der Waals surface area contributed by atoms with E-state index in [1.54, 1.807) is 0 Å². The monoisotopic (exact) mass is 289 g/mol. The molecular formula is C15H16ClN3O. The van der Waals surface area contributed by atoms with Gasteiger partial charge in [0.25, 0.3) is 0 Å². The van der Waals surface area contributed by atoms with Crippen molar-refractivity contribution in [3.8, 4) is 0 Å².